The summed E-state index contributed by atoms with van der Waals surface area (Å²) in [5.41, 5.74) is -0.532. The summed E-state index contributed by atoms with van der Waals surface area (Å²) >= 11 is 0. The Morgan fingerprint density at radius 3 is 2.60 bits per heavy atom. The number of amides is 1. The van der Waals surface area contributed by atoms with E-state index in [4.69, 9.17) is 9.72 Å². The molecule has 1 unspecified atom stereocenters. The van der Waals surface area contributed by atoms with Crippen molar-refractivity contribution in [1.82, 2.24) is 19.8 Å². The molecule has 2 atom stereocenters. The van der Waals surface area contributed by atoms with Gasteiger partial charge in [-0.15, -0.1) is 0 Å². The van der Waals surface area contributed by atoms with Crippen LogP contribution in [0.25, 0.3) is 0 Å². The first-order valence-electron chi connectivity index (χ1n) is 14.8. The molecule has 1 aliphatic carbocycles. The predicted molar refractivity (Wildman–Crippen MR) is 157 cm³/mol. The molecule has 2 fully saturated rings. The van der Waals surface area contributed by atoms with E-state index in [1.165, 1.54) is 21.9 Å². The molecule has 45 heavy (non-hydrogen) atoms. The van der Waals surface area contributed by atoms with Crippen molar-refractivity contribution in [3.63, 3.8) is 0 Å². The van der Waals surface area contributed by atoms with Crippen LogP contribution >= 0.6 is 0 Å². The van der Waals surface area contributed by atoms with Gasteiger partial charge in [-0.3, -0.25) is 4.79 Å². The molecule has 2 aromatic rings. The highest BCUT2D eigenvalue weighted by molar-refractivity contribution is 5.91. The van der Waals surface area contributed by atoms with Crippen LogP contribution in [0.1, 0.15) is 43.0 Å². The molecule has 14 heteroatoms. The molecule has 1 aromatic heterocycles. The molecule has 0 bridgehead atoms. The van der Waals surface area contributed by atoms with Crippen molar-refractivity contribution in [3.05, 3.63) is 53.2 Å². The summed E-state index contributed by atoms with van der Waals surface area (Å²) in [4.78, 5) is 28.6. The molecule has 5 rings (SSSR count). The second kappa shape index (κ2) is 12.4. The fourth-order valence-corrected chi connectivity index (χ4v) is 6.40. The van der Waals surface area contributed by atoms with E-state index >= 15 is 0 Å². The SMILES string of the molecule is C=C(F)C(=O)N1CCN(c2nc(OCC3(CN(C)C)CC3)nc3c2CC(C)N(c2cccc(F)c2C(F)(F)F)C3)C[C@@H]1CC#N. The Kier molecular flexibility index (Phi) is 8.95. The number of rotatable bonds is 9. The highest BCUT2D eigenvalue weighted by Crippen LogP contribution is 2.46. The Morgan fingerprint density at radius 1 is 1.24 bits per heavy atom. The van der Waals surface area contributed by atoms with Gasteiger partial charge in [-0.05, 0) is 52.4 Å². The summed E-state index contributed by atoms with van der Waals surface area (Å²) in [6.45, 7) is 6.49. The molecule has 1 amide bonds. The molecule has 1 saturated heterocycles. The number of alkyl halides is 3. The van der Waals surface area contributed by atoms with Gasteiger partial charge in [0.25, 0.3) is 5.91 Å². The van der Waals surface area contributed by atoms with E-state index in [9.17, 15) is 32.0 Å². The van der Waals surface area contributed by atoms with E-state index in [0.29, 0.717) is 23.7 Å². The standard InChI is InChI=1S/C31H36F5N7O2/c1-19-14-22-24(16-43(19)25-7-5-6-23(33)26(25)31(34,35)36)38-29(45-18-30(9-10-30)17-40(3)4)39-27(22)41-12-13-42(28(44)20(2)32)21(15-41)8-11-37/h5-7,19,21H,2,8-10,12-18H2,1,3-4H3/t19?,21-/m0/s1. The van der Waals surface area contributed by atoms with Crippen molar-refractivity contribution >= 4 is 17.4 Å². The summed E-state index contributed by atoms with van der Waals surface area (Å²) in [5.74, 6) is -2.85. The second-order valence-corrected chi connectivity index (χ2v) is 12.5. The third kappa shape index (κ3) is 6.83. The number of halogens is 5. The van der Waals surface area contributed by atoms with Crippen LogP contribution in [-0.4, -0.2) is 84.6 Å². The van der Waals surface area contributed by atoms with Gasteiger partial charge in [0.2, 0.25) is 0 Å². The van der Waals surface area contributed by atoms with E-state index in [-0.39, 0.29) is 56.1 Å². The highest BCUT2D eigenvalue weighted by Gasteiger charge is 2.45. The largest absolute Gasteiger partial charge is 0.463 e. The normalized spacial score (nSPS) is 20.9. The molecule has 1 aromatic carbocycles. The van der Waals surface area contributed by atoms with Crippen molar-refractivity contribution in [2.45, 2.75) is 57.4 Å². The average molecular weight is 634 g/mol. The van der Waals surface area contributed by atoms with Crippen LogP contribution in [0.5, 0.6) is 6.01 Å². The van der Waals surface area contributed by atoms with Crippen LogP contribution in [-0.2, 0) is 23.9 Å². The monoisotopic (exact) mass is 633 g/mol. The Labute approximate surface area is 258 Å². The first-order chi connectivity index (χ1) is 21.2. The van der Waals surface area contributed by atoms with E-state index in [2.05, 4.69) is 22.5 Å². The molecule has 3 aliphatic rings. The molecule has 242 valence electrons. The van der Waals surface area contributed by atoms with Crippen LogP contribution in [0.3, 0.4) is 0 Å². The number of piperazine rings is 1. The Morgan fingerprint density at radius 2 is 1.98 bits per heavy atom. The van der Waals surface area contributed by atoms with Gasteiger partial charge < -0.3 is 24.3 Å². The fraction of sp³-hybridized carbons (Fsp3) is 0.548. The Balaban J connectivity index is 1.52. The third-order valence-corrected chi connectivity index (χ3v) is 8.70. The average Bonchev–Trinajstić information content (AvgIpc) is 3.73. The first-order valence-corrected chi connectivity index (χ1v) is 14.8. The molecule has 0 N–H and O–H groups in total. The Hall–Kier alpha value is -3.99. The fourth-order valence-electron chi connectivity index (χ4n) is 6.40. The van der Waals surface area contributed by atoms with E-state index < -0.39 is 41.4 Å². The highest BCUT2D eigenvalue weighted by atomic mass is 19.4. The number of hydrogen-bond acceptors (Lipinski definition) is 8. The molecule has 1 saturated carbocycles. The molecular formula is C31H36F5N7O2. The van der Waals surface area contributed by atoms with Crippen molar-refractivity contribution in [3.8, 4) is 12.1 Å². The van der Waals surface area contributed by atoms with Gasteiger partial charge >= 0.3 is 12.2 Å². The quantitative estimate of drug-likeness (QED) is 0.290. The van der Waals surface area contributed by atoms with Crippen LogP contribution in [0.4, 0.5) is 33.5 Å². The predicted octanol–water partition coefficient (Wildman–Crippen LogP) is 4.72. The lowest BCUT2D eigenvalue weighted by molar-refractivity contribution is -0.139. The third-order valence-electron chi connectivity index (χ3n) is 8.70. The number of fused-ring (bicyclic) bond motifs is 1. The second-order valence-electron chi connectivity index (χ2n) is 12.5. The maximum Gasteiger partial charge on any atom is 0.421 e. The summed E-state index contributed by atoms with van der Waals surface area (Å²) in [7, 11) is 3.95. The van der Waals surface area contributed by atoms with Crippen molar-refractivity contribution < 1.29 is 31.5 Å². The number of carbonyl (C=O) groups excluding carboxylic acids is 1. The number of carbonyl (C=O) groups is 1. The minimum absolute atomic E-state index is 0.0503. The maximum atomic E-state index is 14.6. The minimum atomic E-state index is -4.91. The number of benzene rings is 1. The van der Waals surface area contributed by atoms with Crippen LogP contribution in [0.2, 0.25) is 0 Å². The number of nitriles is 1. The van der Waals surface area contributed by atoms with Gasteiger partial charge in [0, 0.05) is 43.2 Å². The lowest BCUT2D eigenvalue weighted by atomic mass is 9.96. The molecule has 0 radical (unpaired) electrons. The number of aromatic nitrogens is 2. The van der Waals surface area contributed by atoms with E-state index in [1.54, 1.807) is 6.92 Å². The summed E-state index contributed by atoms with van der Waals surface area (Å²) in [6, 6.07) is 4.29. The zero-order valence-corrected chi connectivity index (χ0v) is 25.5. The van der Waals surface area contributed by atoms with Crippen molar-refractivity contribution in [1.29, 1.82) is 5.26 Å². The number of nitrogens with zero attached hydrogens (tertiary/aromatic N) is 7. The van der Waals surface area contributed by atoms with Gasteiger partial charge in [0.15, 0.2) is 5.83 Å². The summed E-state index contributed by atoms with van der Waals surface area (Å²) in [6.07, 6.45) is -2.77. The molecule has 3 heterocycles. The lowest BCUT2D eigenvalue weighted by Crippen LogP contribution is -2.56. The topological polar surface area (TPSA) is 88.8 Å². The summed E-state index contributed by atoms with van der Waals surface area (Å²) < 4.78 is 76.5. The van der Waals surface area contributed by atoms with Crippen molar-refractivity contribution in [2.24, 2.45) is 5.41 Å². The Bertz CT molecular complexity index is 1500. The van der Waals surface area contributed by atoms with Crippen molar-refractivity contribution in [2.75, 3.05) is 56.7 Å². The van der Waals surface area contributed by atoms with Crippen LogP contribution < -0.4 is 14.5 Å². The number of anilines is 2. The van der Waals surface area contributed by atoms with Gasteiger partial charge in [-0.2, -0.15) is 28.4 Å². The van der Waals surface area contributed by atoms with Crippen LogP contribution in [0.15, 0.2) is 30.6 Å². The van der Waals surface area contributed by atoms with E-state index in [1.807, 2.05) is 19.0 Å². The smallest absolute Gasteiger partial charge is 0.421 e. The zero-order valence-electron chi connectivity index (χ0n) is 25.5. The van der Waals surface area contributed by atoms with Gasteiger partial charge in [0.1, 0.15) is 17.2 Å². The van der Waals surface area contributed by atoms with E-state index in [0.717, 1.165) is 25.5 Å². The lowest BCUT2D eigenvalue weighted by Gasteiger charge is -2.43. The van der Waals surface area contributed by atoms with Gasteiger partial charge in [-0.1, -0.05) is 12.6 Å². The minimum Gasteiger partial charge on any atom is -0.463 e. The number of ether oxygens (including phenoxy) is 1. The molecular weight excluding hydrogens is 597 g/mol. The molecule has 2 aliphatic heterocycles. The zero-order chi connectivity index (χ0) is 32.7. The summed E-state index contributed by atoms with van der Waals surface area (Å²) in [5, 5.41) is 9.45. The first kappa shape index (κ1) is 32.4. The maximum absolute atomic E-state index is 14.6. The van der Waals surface area contributed by atoms with Crippen LogP contribution in [0, 0.1) is 22.6 Å². The van der Waals surface area contributed by atoms with Gasteiger partial charge in [0.05, 0.1) is 43.1 Å². The van der Waals surface area contributed by atoms with Gasteiger partial charge in [-0.25, -0.2) is 8.78 Å². The number of hydrogen-bond donors (Lipinski definition) is 0. The molecule has 0 spiro atoms. The molecule has 9 nitrogen and oxygen atoms in total.